The number of anilines is 1. The zero-order chi connectivity index (χ0) is 14.7. The lowest BCUT2D eigenvalue weighted by Crippen LogP contribution is -2.32. The second-order valence-electron chi connectivity index (χ2n) is 5.87. The Bertz CT molecular complexity index is 678. The number of fused-ring (bicyclic) bond motifs is 5. The number of amides is 2. The van der Waals surface area contributed by atoms with Crippen LogP contribution in [0.3, 0.4) is 0 Å². The number of carbonyl (C=O) groups excluding carboxylic acids is 2. The fourth-order valence-corrected chi connectivity index (χ4v) is 3.93. The first-order valence-electron chi connectivity index (χ1n) is 6.97. The Morgan fingerprint density at radius 1 is 1.10 bits per heavy atom. The molecule has 2 unspecified atom stereocenters. The quantitative estimate of drug-likeness (QED) is 0.662. The van der Waals surface area contributed by atoms with Gasteiger partial charge in [-0.3, -0.25) is 9.59 Å². The third-order valence-electron chi connectivity index (χ3n) is 4.82. The normalized spacial score (nSPS) is 32.9. The maximum Gasteiger partial charge on any atom is 0.335 e. The summed E-state index contributed by atoms with van der Waals surface area (Å²) in [5.74, 6) is -1.66. The van der Waals surface area contributed by atoms with Crippen LogP contribution < -0.4 is 4.90 Å². The van der Waals surface area contributed by atoms with Gasteiger partial charge >= 0.3 is 5.97 Å². The van der Waals surface area contributed by atoms with Crippen LogP contribution in [0.4, 0.5) is 5.69 Å². The van der Waals surface area contributed by atoms with E-state index in [9.17, 15) is 14.4 Å². The van der Waals surface area contributed by atoms with Crippen molar-refractivity contribution in [1.82, 2.24) is 0 Å². The van der Waals surface area contributed by atoms with E-state index in [1.807, 2.05) is 12.2 Å². The molecule has 1 aromatic carbocycles. The lowest BCUT2D eigenvalue weighted by molar-refractivity contribution is -0.123. The number of allylic oxidation sites excluding steroid dienone is 2. The molecule has 1 N–H and O–H groups in total. The number of benzene rings is 1. The van der Waals surface area contributed by atoms with Gasteiger partial charge in [0.15, 0.2) is 0 Å². The van der Waals surface area contributed by atoms with E-state index < -0.39 is 5.97 Å². The number of carbonyl (C=O) groups is 3. The average Bonchev–Trinajstić information content (AvgIpc) is 3.13. The van der Waals surface area contributed by atoms with Gasteiger partial charge in [-0.05, 0) is 36.5 Å². The summed E-state index contributed by atoms with van der Waals surface area (Å²) in [5, 5.41) is 9.04. The van der Waals surface area contributed by atoms with Gasteiger partial charge in [0.1, 0.15) is 0 Å². The molecular weight excluding hydrogens is 270 g/mol. The minimum Gasteiger partial charge on any atom is -0.478 e. The predicted molar refractivity (Wildman–Crippen MR) is 73.6 cm³/mol. The molecule has 5 nitrogen and oxygen atoms in total. The minimum absolute atomic E-state index is 0.0752. The maximum atomic E-state index is 12.6. The predicted octanol–water partition coefficient (Wildman–Crippen LogP) is 1.70. The molecule has 1 saturated carbocycles. The molecule has 2 aliphatic carbocycles. The molecule has 106 valence electrons. The second-order valence-corrected chi connectivity index (χ2v) is 5.87. The van der Waals surface area contributed by atoms with E-state index >= 15 is 0 Å². The highest BCUT2D eigenvalue weighted by molar-refractivity contribution is 6.23. The van der Waals surface area contributed by atoms with Crippen molar-refractivity contribution in [2.75, 3.05) is 4.90 Å². The fourth-order valence-electron chi connectivity index (χ4n) is 3.93. The van der Waals surface area contributed by atoms with Crippen molar-refractivity contribution in [2.45, 2.75) is 6.42 Å². The lowest BCUT2D eigenvalue weighted by Gasteiger charge is -2.17. The van der Waals surface area contributed by atoms with Gasteiger partial charge in [-0.15, -0.1) is 0 Å². The SMILES string of the molecule is O=C(O)c1cccc(N2C(=O)C3C(C2=O)[C@H]2C=C[C@@H]3C2)c1. The molecule has 3 aliphatic rings. The number of nitrogens with zero attached hydrogens (tertiary/aromatic N) is 1. The summed E-state index contributed by atoms with van der Waals surface area (Å²) < 4.78 is 0. The lowest BCUT2D eigenvalue weighted by atomic mass is 9.85. The van der Waals surface area contributed by atoms with Gasteiger partial charge in [-0.25, -0.2) is 9.69 Å². The van der Waals surface area contributed by atoms with Crippen LogP contribution in [0, 0.1) is 23.7 Å². The molecular formula is C16H13NO4. The van der Waals surface area contributed by atoms with Gasteiger partial charge in [0.25, 0.3) is 0 Å². The van der Waals surface area contributed by atoms with Crippen LogP contribution >= 0.6 is 0 Å². The highest BCUT2D eigenvalue weighted by Crippen LogP contribution is 2.53. The molecule has 1 saturated heterocycles. The van der Waals surface area contributed by atoms with E-state index in [4.69, 9.17) is 5.11 Å². The van der Waals surface area contributed by atoms with Crippen LogP contribution in [0.2, 0.25) is 0 Å². The molecule has 21 heavy (non-hydrogen) atoms. The number of rotatable bonds is 2. The number of carboxylic acids is 1. The summed E-state index contributed by atoms with van der Waals surface area (Å²) in [6, 6.07) is 6.00. The third kappa shape index (κ3) is 1.54. The average molecular weight is 283 g/mol. The van der Waals surface area contributed by atoms with E-state index in [1.165, 1.54) is 17.0 Å². The summed E-state index contributed by atoms with van der Waals surface area (Å²) >= 11 is 0. The summed E-state index contributed by atoms with van der Waals surface area (Å²) in [6.45, 7) is 0. The fraction of sp³-hybridized carbons (Fsp3) is 0.312. The van der Waals surface area contributed by atoms with Crippen molar-refractivity contribution < 1.29 is 19.5 Å². The maximum absolute atomic E-state index is 12.6. The highest BCUT2D eigenvalue weighted by atomic mass is 16.4. The first kappa shape index (κ1) is 12.3. The number of carboxylic acid groups (broad SMARTS) is 1. The van der Waals surface area contributed by atoms with E-state index in [-0.39, 0.29) is 41.0 Å². The Hall–Kier alpha value is -2.43. The van der Waals surface area contributed by atoms with Gasteiger partial charge < -0.3 is 5.11 Å². The van der Waals surface area contributed by atoms with Crippen molar-refractivity contribution in [2.24, 2.45) is 23.7 Å². The van der Waals surface area contributed by atoms with Gasteiger partial charge in [-0.2, -0.15) is 0 Å². The Morgan fingerprint density at radius 3 is 2.29 bits per heavy atom. The smallest absolute Gasteiger partial charge is 0.335 e. The summed E-state index contributed by atoms with van der Waals surface area (Å²) in [5.41, 5.74) is 0.435. The molecule has 4 atom stereocenters. The van der Waals surface area contributed by atoms with Crippen molar-refractivity contribution in [3.05, 3.63) is 42.0 Å². The Balaban J connectivity index is 1.74. The molecule has 1 heterocycles. The van der Waals surface area contributed by atoms with Crippen LogP contribution in [0.25, 0.3) is 0 Å². The number of imide groups is 1. The minimum atomic E-state index is -1.07. The second kappa shape index (κ2) is 4.04. The Labute approximate surface area is 120 Å². The molecule has 5 heteroatoms. The van der Waals surface area contributed by atoms with Crippen molar-refractivity contribution in [3.63, 3.8) is 0 Å². The largest absolute Gasteiger partial charge is 0.478 e. The molecule has 2 bridgehead atoms. The Kier molecular flexibility index (Phi) is 2.37. The van der Waals surface area contributed by atoms with Crippen LogP contribution in [-0.4, -0.2) is 22.9 Å². The standard InChI is InChI=1S/C16H13NO4/c18-14-12-8-4-5-9(6-8)13(12)15(19)17(14)11-3-1-2-10(7-11)16(20)21/h1-5,7-9,12-13H,6H2,(H,20,21)/t8-,9+,12?,13?. The summed E-state index contributed by atoms with van der Waals surface area (Å²) in [6.07, 6.45) is 4.96. The number of hydrogen-bond acceptors (Lipinski definition) is 3. The number of hydrogen-bond donors (Lipinski definition) is 1. The molecule has 0 aromatic heterocycles. The van der Waals surface area contributed by atoms with E-state index in [0.717, 1.165) is 6.42 Å². The molecule has 0 radical (unpaired) electrons. The topological polar surface area (TPSA) is 74.7 Å². The molecule has 1 aromatic rings. The summed E-state index contributed by atoms with van der Waals surface area (Å²) in [7, 11) is 0. The van der Waals surface area contributed by atoms with Gasteiger partial charge in [0.05, 0.1) is 23.1 Å². The van der Waals surface area contributed by atoms with Gasteiger partial charge in [-0.1, -0.05) is 18.2 Å². The number of aromatic carboxylic acids is 1. The third-order valence-corrected chi connectivity index (χ3v) is 4.82. The van der Waals surface area contributed by atoms with Gasteiger partial charge in [0, 0.05) is 0 Å². The Morgan fingerprint density at radius 2 is 1.71 bits per heavy atom. The van der Waals surface area contributed by atoms with E-state index in [1.54, 1.807) is 12.1 Å². The van der Waals surface area contributed by atoms with Crippen LogP contribution in [-0.2, 0) is 9.59 Å². The monoisotopic (exact) mass is 283 g/mol. The molecule has 2 amide bonds. The zero-order valence-corrected chi connectivity index (χ0v) is 11.1. The van der Waals surface area contributed by atoms with E-state index in [2.05, 4.69) is 0 Å². The van der Waals surface area contributed by atoms with Gasteiger partial charge in [0.2, 0.25) is 11.8 Å². The van der Waals surface area contributed by atoms with E-state index in [0.29, 0.717) is 5.69 Å². The van der Waals surface area contributed by atoms with Crippen molar-refractivity contribution in [3.8, 4) is 0 Å². The van der Waals surface area contributed by atoms with Crippen molar-refractivity contribution in [1.29, 1.82) is 0 Å². The molecule has 2 fully saturated rings. The summed E-state index contributed by atoms with van der Waals surface area (Å²) in [4.78, 5) is 37.4. The van der Waals surface area contributed by atoms with Crippen LogP contribution in [0.15, 0.2) is 36.4 Å². The molecule has 4 rings (SSSR count). The van der Waals surface area contributed by atoms with Crippen molar-refractivity contribution >= 4 is 23.5 Å². The highest BCUT2D eigenvalue weighted by Gasteiger charge is 2.59. The first-order chi connectivity index (χ1) is 10.1. The van der Waals surface area contributed by atoms with Crippen LogP contribution in [0.5, 0.6) is 0 Å². The molecule has 1 aliphatic heterocycles. The zero-order valence-electron chi connectivity index (χ0n) is 11.1. The van der Waals surface area contributed by atoms with Crippen LogP contribution in [0.1, 0.15) is 16.8 Å². The molecule has 0 spiro atoms. The first-order valence-corrected chi connectivity index (χ1v) is 6.97.